The number of carbonyl (C=O) groups excluding carboxylic acids is 5. The Labute approximate surface area is 425 Å². The lowest BCUT2D eigenvalue weighted by molar-refractivity contribution is -0.155. The third-order valence-electron chi connectivity index (χ3n) is 15.6. The molecule has 4 amide bonds. The van der Waals surface area contributed by atoms with E-state index < -0.39 is 46.4 Å². The highest BCUT2D eigenvalue weighted by molar-refractivity contribution is 5.98. The minimum Gasteiger partial charge on any atom is -0.464 e. The molecule has 3 saturated heterocycles. The van der Waals surface area contributed by atoms with Gasteiger partial charge in [-0.2, -0.15) is 0 Å². The topological polar surface area (TPSA) is 159 Å². The lowest BCUT2D eigenvalue weighted by Gasteiger charge is -2.37. The van der Waals surface area contributed by atoms with Crippen LogP contribution in [0.25, 0.3) is 33.3 Å². The molecule has 0 radical (unpaired) electrons. The zero-order valence-electron chi connectivity index (χ0n) is 44.2. The first kappa shape index (κ1) is 52.2. The number of benzene rings is 2. The third-order valence-corrected chi connectivity index (χ3v) is 15.6. The summed E-state index contributed by atoms with van der Waals surface area (Å²) in [5.74, 6) is 3.84. The summed E-state index contributed by atoms with van der Waals surface area (Å²) < 4.78 is 14.3. The summed E-state index contributed by atoms with van der Waals surface area (Å²) in [6.45, 7) is 18.2. The molecule has 4 aliphatic rings. The summed E-state index contributed by atoms with van der Waals surface area (Å²) in [6, 6.07) is 16.0. The van der Waals surface area contributed by atoms with E-state index in [9.17, 15) is 24.0 Å². The van der Waals surface area contributed by atoms with Gasteiger partial charge in [-0.3, -0.25) is 38.9 Å². The number of carbonyl (C=O) groups is 5. The van der Waals surface area contributed by atoms with Gasteiger partial charge in [-0.15, -0.1) is 0 Å². The number of fused-ring (bicyclic) bond motifs is 6. The van der Waals surface area contributed by atoms with Crippen LogP contribution < -0.4 is 10.7 Å². The summed E-state index contributed by atoms with van der Waals surface area (Å²) in [7, 11) is 5.52. The highest BCUT2D eigenvalue weighted by Crippen LogP contribution is 2.44. The van der Waals surface area contributed by atoms with Crippen LogP contribution >= 0.6 is 0 Å². The number of amides is 4. The summed E-state index contributed by atoms with van der Waals surface area (Å²) >= 11 is 0. The number of aromatic nitrogens is 2. The molecule has 0 unspecified atom stereocenters. The molecule has 2 aromatic carbocycles. The van der Waals surface area contributed by atoms with Crippen molar-refractivity contribution in [1.29, 1.82) is 0 Å². The number of hydrogen-bond acceptors (Lipinski definition) is 10. The molecule has 3 fully saturated rings. The second-order valence-corrected chi connectivity index (χ2v) is 22.2. The Balaban J connectivity index is 1.13. The van der Waals surface area contributed by atoms with Gasteiger partial charge in [-0.05, 0) is 132 Å². The zero-order valence-corrected chi connectivity index (χ0v) is 44.2. The van der Waals surface area contributed by atoms with E-state index in [0.29, 0.717) is 58.3 Å². The summed E-state index contributed by atoms with van der Waals surface area (Å²) in [6.07, 6.45) is 4.28. The Morgan fingerprint density at radius 1 is 1.01 bits per heavy atom. The molecular weight excluding hydrogens is 909 g/mol. The lowest BCUT2D eigenvalue weighted by atomic mass is 9.84. The van der Waals surface area contributed by atoms with Crippen LogP contribution in [0.2, 0.25) is 0 Å². The highest BCUT2D eigenvalue weighted by atomic mass is 16.5. The fraction of sp³-hybridized carbons (Fsp3) is 0.544. The van der Waals surface area contributed by atoms with Crippen LogP contribution in [0.15, 0.2) is 60.8 Å². The predicted molar refractivity (Wildman–Crippen MR) is 278 cm³/mol. The molecule has 1 spiro atoms. The first-order valence-electron chi connectivity index (χ1n) is 25.7. The largest absolute Gasteiger partial charge is 0.464 e. The van der Waals surface area contributed by atoms with Gasteiger partial charge in [0.15, 0.2) is 0 Å². The maximum atomic E-state index is 14.9. The molecule has 2 N–H and O–H groups in total. The van der Waals surface area contributed by atoms with E-state index in [-0.39, 0.29) is 49.3 Å². The molecule has 2 aromatic heterocycles. The molecule has 4 aromatic rings. The van der Waals surface area contributed by atoms with Gasteiger partial charge in [0.1, 0.15) is 18.1 Å². The molecular formula is C57H74N8O7. The molecule has 4 aliphatic heterocycles. The fourth-order valence-electron chi connectivity index (χ4n) is 11.0. The lowest BCUT2D eigenvalue weighted by Crippen LogP contribution is -2.62. The van der Waals surface area contributed by atoms with E-state index in [2.05, 4.69) is 84.3 Å². The number of esters is 1. The molecule has 8 rings (SSSR count). The summed E-state index contributed by atoms with van der Waals surface area (Å²) in [5, 5.41) is 5.66. The number of rotatable bonds is 9. The van der Waals surface area contributed by atoms with Crippen LogP contribution in [0.1, 0.15) is 104 Å². The minimum atomic E-state index is -1.05. The number of hydrazine groups is 1. The molecule has 0 aliphatic carbocycles. The average Bonchev–Trinajstić information content (AvgIpc) is 4.03. The normalized spacial score (nSPS) is 22.5. The molecule has 384 valence electrons. The Kier molecular flexibility index (Phi) is 15.1. The second-order valence-electron chi connectivity index (χ2n) is 22.2. The van der Waals surface area contributed by atoms with Crippen LogP contribution in [0, 0.1) is 28.6 Å². The van der Waals surface area contributed by atoms with Gasteiger partial charge in [-0.25, -0.2) is 5.43 Å². The van der Waals surface area contributed by atoms with E-state index in [1.807, 2.05) is 71.8 Å². The number of methoxy groups -OCH3 is 1. The summed E-state index contributed by atoms with van der Waals surface area (Å²) in [4.78, 5) is 81.7. The number of ether oxygens (including phenoxy) is 2. The number of nitrogens with one attached hydrogen (secondary N) is 2. The van der Waals surface area contributed by atoms with Crippen molar-refractivity contribution in [3.05, 3.63) is 77.6 Å². The van der Waals surface area contributed by atoms with Gasteiger partial charge in [0.2, 0.25) is 11.8 Å². The van der Waals surface area contributed by atoms with Gasteiger partial charge >= 0.3 is 5.97 Å². The quantitative estimate of drug-likeness (QED) is 0.139. The van der Waals surface area contributed by atoms with Crippen molar-refractivity contribution in [3.63, 3.8) is 0 Å². The Morgan fingerprint density at radius 3 is 2.49 bits per heavy atom. The summed E-state index contributed by atoms with van der Waals surface area (Å²) in [5.41, 5.74) is 9.19. The van der Waals surface area contributed by atoms with Crippen molar-refractivity contribution in [1.82, 2.24) is 40.0 Å². The molecule has 72 heavy (non-hydrogen) atoms. The molecule has 6 heterocycles. The van der Waals surface area contributed by atoms with Crippen molar-refractivity contribution in [2.75, 3.05) is 54.0 Å². The van der Waals surface area contributed by atoms with Crippen LogP contribution in [0.5, 0.6) is 0 Å². The zero-order chi connectivity index (χ0) is 51.9. The van der Waals surface area contributed by atoms with E-state index in [1.165, 1.54) is 5.01 Å². The van der Waals surface area contributed by atoms with Crippen LogP contribution in [0.3, 0.4) is 0 Å². The van der Waals surface area contributed by atoms with Crippen LogP contribution in [-0.2, 0) is 52.8 Å². The first-order chi connectivity index (χ1) is 34.2. The van der Waals surface area contributed by atoms with Gasteiger partial charge < -0.3 is 29.2 Å². The van der Waals surface area contributed by atoms with Crippen LogP contribution in [-0.4, -0.2) is 137 Å². The molecule has 15 nitrogen and oxygen atoms in total. The minimum absolute atomic E-state index is 0.135. The first-order valence-corrected chi connectivity index (χ1v) is 25.7. The van der Waals surface area contributed by atoms with Gasteiger partial charge in [0.25, 0.3) is 11.8 Å². The fourth-order valence-corrected chi connectivity index (χ4v) is 11.0. The molecule has 5 atom stereocenters. The standard InChI is InChI=1S/C57H74N8O7/c1-12-63-46-21-20-40-32-42(46)43(50(63)41-18-14-26-58-48(41)37(4)71-11)33-55(5,6)35-72-53(69)44-19-15-27-65(60-44)52(68)45(31-38-16-13-17-39(40)30-38)59-51(67)49(36(2)3)64-29-25-57(54(64)70)24-28-62(34-57)47(66)22-23-56(7,8)61(9)10/h13-14,16-18,20-21,26,30,32,36-37,44-45,49,60H,12,15,19,24-25,27-29,31,33-35H2,1-11H3,(H,59,67)/t37-,44-,45-,49-,57+/m0/s1. The predicted octanol–water partition coefficient (Wildman–Crippen LogP) is 6.57. The van der Waals surface area contributed by atoms with Crippen LogP contribution in [0.4, 0.5) is 0 Å². The van der Waals surface area contributed by atoms with Gasteiger partial charge in [0.05, 0.1) is 35.1 Å². The SMILES string of the molecule is CCn1c(-c2cccnc2[C@H](C)OC)c2c3cc(ccc31)-c1cccc(c1)C[C@H](NC(=O)[C@H](C(C)C)N1CC[C@@]3(CCN(C(=O)C#CC(C)(C)N(C)C)C3)C1=O)C(=O)N1CCC[C@H](N1)C(=O)OCC(C)(C)C2. The third kappa shape index (κ3) is 10.4. The number of pyridine rings is 1. The number of likely N-dealkylation sites (tertiary alicyclic amines) is 2. The van der Waals surface area contributed by atoms with E-state index >= 15 is 0 Å². The van der Waals surface area contributed by atoms with E-state index in [1.54, 1.807) is 23.1 Å². The average molecular weight is 983 g/mol. The van der Waals surface area contributed by atoms with Crippen molar-refractivity contribution in [3.8, 4) is 34.2 Å². The molecule has 6 bridgehead atoms. The molecule has 0 saturated carbocycles. The number of cyclic esters (lactones) is 1. The smallest absolute Gasteiger partial charge is 0.324 e. The van der Waals surface area contributed by atoms with Crippen molar-refractivity contribution < 1.29 is 33.4 Å². The van der Waals surface area contributed by atoms with Crippen molar-refractivity contribution in [2.45, 2.75) is 130 Å². The Morgan fingerprint density at radius 2 is 1.76 bits per heavy atom. The van der Waals surface area contributed by atoms with E-state index in [0.717, 1.165) is 50.1 Å². The van der Waals surface area contributed by atoms with E-state index in [4.69, 9.17) is 14.5 Å². The maximum Gasteiger partial charge on any atom is 0.324 e. The monoisotopic (exact) mass is 983 g/mol. The number of aryl methyl sites for hydroxylation is 1. The maximum absolute atomic E-state index is 14.9. The van der Waals surface area contributed by atoms with Gasteiger partial charge in [0, 0.05) is 74.3 Å². The van der Waals surface area contributed by atoms with Gasteiger partial charge in [-0.1, -0.05) is 63.9 Å². The number of hydrogen-bond donors (Lipinski definition) is 2. The number of nitrogens with zero attached hydrogens (tertiary/aromatic N) is 6. The van der Waals surface area contributed by atoms with Crippen molar-refractivity contribution >= 4 is 40.5 Å². The van der Waals surface area contributed by atoms with Crippen molar-refractivity contribution in [2.24, 2.45) is 16.7 Å². The second kappa shape index (κ2) is 20.8. The highest BCUT2D eigenvalue weighted by Gasteiger charge is 2.54. The molecule has 15 heteroatoms. The Hall–Kier alpha value is -6.08. The Bertz CT molecular complexity index is 2800.